The van der Waals surface area contributed by atoms with Crippen molar-refractivity contribution in [3.8, 4) is 12.3 Å². The monoisotopic (exact) mass is 172 g/mol. The van der Waals surface area contributed by atoms with Crippen molar-refractivity contribution < 1.29 is 9.90 Å². The van der Waals surface area contributed by atoms with Crippen LogP contribution >= 0.6 is 11.8 Å². The summed E-state index contributed by atoms with van der Waals surface area (Å²) in [5.41, 5.74) is 0. The van der Waals surface area contributed by atoms with Gasteiger partial charge in [-0.2, -0.15) is 11.8 Å². The smallest absolute Gasteiger partial charge is 0.304 e. The molecule has 0 aliphatic heterocycles. The number of hydrogen-bond acceptors (Lipinski definition) is 2. The second kappa shape index (κ2) is 6.11. The van der Waals surface area contributed by atoms with Gasteiger partial charge in [-0.05, 0) is 0 Å². The first-order valence-corrected chi connectivity index (χ1v) is 4.48. The fourth-order valence-electron chi connectivity index (χ4n) is 0.624. The van der Waals surface area contributed by atoms with Crippen LogP contribution in [0.4, 0.5) is 0 Å². The van der Waals surface area contributed by atoms with E-state index in [1.807, 2.05) is 6.92 Å². The van der Waals surface area contributed by atoms with Crippen molar-refractivity contribution in [2.75, 3.05) is 5.75 Å². The Balaban J connectivity index is 3.31. The molecule has 2 nitrogen and oxygen atoms in total. The lowest BCUT2D eigenvalue weighted by atomic mass is 10.3. The SMILES string of the molecule is C#CCCSC(C)CC(=O)O. The molecule has 11 heavy (non-hydrogen) atoms. The Morgan fingerprint density at radius 3 is 2.91 bits per heavy atom. The van der Waals surface area contributed by atoms with Crippen LogP contribution in [0.2, 0.25) is 0 Å². The molecule has 1 N–H and O–H groups in total. The van der Waals surface area contributed by atoms with E-state index in [2.05, 4.69) is 5.92 Å². The zero-order valence-corrected chi connectivity index (χ0v) is 7.36. The van der Waals surface area contributed by atoms with Crippen LogP contribution in [-0.2, 0) is 4.79 Å². The first-order valence-electron chi connectivity index (χ1n) is 3.43. The maximum Gasteiger partial charge on any atom is 0.304 e. The van der Waals surface area contributed by atoms with Gasteiger partial charge in [-0.1, -0.05) is 6.92 Å². The van der Waals surface area contributed by atoms with Gasteiger partial charge in [0.05, 0.1) is 6.42 Å². The van der Waals surface area contributed by atoms with Gasteiger partial charge in [-0.15, -0.1) is 12.3 Å². The number of rotatable bonds is 5. The summed E-state index contributed by atoms with van der Waals surface area (Å²) in [6, 6.07) is 0. The number of carbonyl (C=O) groups is 1. The van der Waals surface area contributed by atoms with Gasteiger partial charge < -0.3 is 5.11 Å². The van der Waals surface area contributed by atoms with E-state index in [-0.39, 0.29) is 11.7 Å². The van der Waals surface area contributed by atoms with E-state index in [0.29, 0.717) is 6.42 Å². The summed E-state index contributed by atoms with van der Waals surface area (Å²) in [7, 11) is 0. The highest BCUT2D eigenvalue weighted by Gasteiger charge is 2.06. The van der Waals surface area contributed by atoms with E-state index in [4.69, 9.17) is 11.5 Å². The summed E-state index contributed by atoms with van der Waals surface area (Å²) in [5.74, 6) is 2.62. The average Bonchev–Trinajstić information content (AvgIpc) is 1.86. The zero-order valence-electron chi connectivity index (χ0n) is 6.54. The molecular weight excluding hydrogens is 160 g/mol. The highest BCUT2D eigenvalue weighted by molar-refractivity contribution is 7.99. The van der Waals surface area contributed by atoms with Gasteiger partial charge in [0.25, 0.3) is 0 Å². The van der Waals surface area contributed by atoms with Crippen LogP contribution < -0.4 is 0 Å². The number of terminal acetylenes is 1. The summed E-state index contributed by atoms with van der Waals surface area (Å²) in [4.78, 5) is 10.2. The number of hydrogen-bond donors (Lipinski definition) is 1. The molecule has 0 bridgehead atoms. The van der Waals surface area contributed by atoms with Crippen molar-refractivity contribution in [2.24, 2.45) is 0 Å². The molecule has 0 aliphatic rings. The lowest BCUT2D eigenvalue weighted by Crippen LogP contribution is -2.05. The molecule has 0 aromatic carbocycles. The number of thioether (sulfide) groups is 1. The normalized spacial score (nSPS) is 12.0. The Morgan fingerprint density at radius 1 is 1.82 bits per heavy atom. The van der Waals surface area contributed by atoms with E-state index in [0.717, 1.165) is 5.75 Å². The fourth-order valence-corrected chi connectivity index (χ4v) is 1.52. The fraction of sp³-hybridized carbons (Fsp3) is 0.625. The van der Waals surface area contributed by atoms with Gasteiger partial charge in [0.2, 0.25) is 0 Å². The zero-order chi connectivity index (χ0) is 8.69. The van der Waals surface area contributed by atoms with Crippen LogP contribution in [0.3, 0.4) is 0 Å². The molecule has 1 unspecified atom stereocenters. The third-order valence-corrected chi connectivity index (χ3v) is 2.29. The van der Waals surface area contributed by atoms with E-state index in [1.165, 1.54) is 0 Å². The van der Waals surface area contributed by atoms with Crippen LogP contribution in [0.1, 0.15) is 19.8 Å². The van der Waals surface area contributed by atoms with Crippen molar-refractivity contribution in [3.63, 3.8) is 0 Å². The lowest BCUT2D eigenvalue weighted by molar-refractivity contribution is -0.136. The van der Waals surface area contributed by atoms with E-state index < -0.39 is 5.97 Å². The van der Waals surface area contributed by atoms with Gasteiger partial charge in [0.15, 0.2) is 0 Å². The molecule has 0 aliphatic carbocycles. The molecule has 0 saturated carbocycles. The minimum atomic E-state index is -0.745. The van der Waals surface area contributed by atoms with Crippen molar-refractivity contribution >= 4 is 17.7 Å². The summed E-state index contributed by atoms with van der Waals surface area (Å²) < 4.78 is 0. The van der Waals surface area contributed by atoms with Crippen LogP contribution in [0.5, 0.6) is 0 Å². The Hall–Kier alpha value is -0.620. The second-order valence-corrected chi connectivity index (χ2v) is 3.78. The minimum absolute atomic E-state index is 0.167. The van der Waals surface area contributed by atoms with Crippen LogP contribution in [0.25, 0.3) is 0 Å². The van der Waals surface area contributed by atoms with Gasteiger partial charge in [0, 0.05) is 17.4 Å². The molecule has 0 radical (unpaired) electrons. The maximum absolute atomic E-state index is 10.2. The molecular formula is C8H12O2S. The van der Waals surface area contributed by atoms with E-state index in [9.17, 15) is 4.79 Å². The van der Waals surface area contributed by atoms with E-state index >= 15 is 0 Å². The topological polar surface area (TPSA) is 37.3 Å². The summed E-state index contributed by atoms with van der Waals surface area (Å²) in [6.07, 6.45) is 5.97. The molecule has 0 rings (SSSR count). The first-order chi connectivity index (χ1) is 5.16. The maximum atomic E-state index is 10.2. The van der Waals surface area contributed by atoms with E-state index in [1.54, 1.807) is 11.8 Å². The van der Waals surface area contributed by atoms with Crippen LogP contribution in [0.15, 0.2) is 0 Å². The molecule has 0 amide bonds. The molecule has 1 atom stereocenters. The average molecular weight is 172 g/mol. The van der Waals surface area contributed by atoms with Gasteiger partial charge in [-0.25, -0.2) is 0 Å². The standard InChI is InChI=1S/C8H12O2S/c1-3-4-5-11-7(2)6-8(9)10/h1,7H,4-6H2,2H3,(H,9,10). The quantitative estimate of drug-likeness (QED) is 0.505. The first kappa shape index (κ1) is 10.4. The van der Waals surface area contributed by atoms with Crippen LogP contribution in [0, 0.1) is 12.3 Å². The molecule has 0 saturated heterocycles. The van der Waals surface area contributed by atoms with Gasteiger partial charge in [-0.3, -0.25) is 4.79 Å². The number of carboxylic acid groups (broad SMARTS) is 1. The Labute approximate surface area is 71.4 Å². The minimum Gasteiger partial charge on any atom is -0.481 e. The molecule has 0 heterocycles. The lowest BCUT2D eigenvalue weighted by Gasteiger charge is -2.05. The molecule has 0 aromatic heterocycles. The highest BCUT2D eigenvalue weighted by Crippen LogP contribution is 2.14. The molecule has 0 spiro atoms. The Morgan fingerprint density at radius 2 is 2.45 bits per heavy atom. The van der Waals surface area contributed by atoms with Crippen molar-refractivity contribution in [1.29, 1.82) is 0 Å². The largest absolute Gasteiger partial charge is 0.481 e. The summed E-state index contributed by atoms with van der Waals surface area (Å²) >= 11 is 1.61. The number of aliphatic carboxylic acids is 1. The predicted octanol–water partition coefficient (Wildman–Crippen LogP) is 1.61. The second-order valence-electron chi connectivity index (χ2n) is 2.23. The Kier molecular flexibility index (Phi) is 5.77. The van der Waals surface area contributed by atoms with Crippen molar-refractivity contribution in [2.45, 2.75) is 25.0 Å². The van der Waals surface area contributed by atoms with Crippen molar-refractivity contribution in [3.05, 3.63) is 0 Å². The molecule has 62 valence electrons. The molecule has 0 fully saturated rings. The third-order valence-electron chi connectivity index (χ3n) is 1.11. The number of carboxylic acids is 1. The highest BCUT2D eigenvalue weighted by atomic mass is 32.2. The van der Waals surface area contributed by atoms with Crippen LogP contribution in [-0.4, -0.2) is 22.1 Å². The summed E-state index contributed by atoms with van der Waals surface area (Å²) in [6.45, 7) is 1.90. The van der Waals surface area contributed by atoms with Gasteiger partial charge >= 0.3 is 5.97 Å². The third kappa shape index (κ3) is 7.27. The summed E-state index contributed by atoms with van der Waals surface area (Å²) in [5, 5.41) is 8.55. The van der Waals surface area contributed by atoms with Crippen molar-refractivity contribution in [1.82, 2.24) is 0 Å². The Bertz CT molecular complexity index is 160. The predicted molar refractivity (Wildman–Crippen MR) is 47.6 cm³/mol. The van der Waals surface area contributed by atoms with Gasteiger partial charge in [0.1, 0.15) is 0 Å². The molecule has 0 aromatic rings. The molecule has 3 heteroatoms.